The molecule has 3 rings (SSSR count). The molecule has 0 aliphatic carbocycles. The first kappa shape index (κ1) is 25.3. The van der Waals surface area contributed by atoms with Crippen LogP contribution in [0.25, 0.3) is 11.1 Å². The van der Waals surface area contributed by atoms with E-state index in [4.69, 9.17) is 0 Å². The van der Waals surface area contributed by atoms with Crippen molar-refractivity contribution in [3.05, 3.63) is 71.3 Å². The highest BCUT2D eigenvalue weighted by Gasteiger charge is 2.22. The molecule has 0 unspecified atom stereocenters. The second-order valence-corrected chi connectivity index (χ2v) is 8.52. The summed E-state index contributed by atoms with van der Waals surface area (Å²) in [4.78, 5) is 27.2. The molecule has 0 aliphatic rings. The number of hydrogen-bond donors (Lipinski definition) is 3. The largest absolute Gasteiger partial charge is 0.367 e. The molecule has 0 saturated carbocycles. The van der Waals surface area contributed by atoms with Gasteiger partial charge in [0.15, 0.2) is 0 Å². The van der Waals surface area contributed by atoms with Crippen LogP contribution in [0.3, 0.4) is 0 Å². The summed E-state index contributed by atoms with van der Waals surface area (Å²) in [5, 5.41) is 29.1. The summed E-state index contributed by atoms with van der Waals surface area (Å²) in [5.41, 5.74) is 3.36. The minimum atomic E-state index is -0.192. The molecule has 8 nitrogen and oxygen atoms in total. The van der Waals surface area contributed by atoms with Crippen LogP contribution in [-0.4, -0.2) is 29.9 Å². The van der Waals surface area contributed by atoms with E-state index in [-0.39, 0.29) is 17.4 Å². The molecule has 0 aliphatic heterocycles. The van der Waals surface area contributed by atoms with E-state index >= 15 is 0 Å². The predicted molar refractivity (Wildman–Crippen MR) is 137 cm³/mol. The number of thioether (sulfide) groups is 1. The van der Waals surface area contributed by atoms with Gasteiger partial charge in [0.05, 0.1) is 5.56 Å². The van der Waals surface area contributed by atoms with Crippen LogP contribution in [0.2, 0.25) is 0 Å². The molecule has 176 valence electrons. The van der Waals surface area contributed by atoms with Gasteiger partial charge < -0.3 is 16.0 Å². The molecule has 0 saturated heterocycles. The van der Waals surface area contributed by atoms with Crippen LogP contribution in [0.1, 0.15) is 30.5 Å². The Morgan fingerprint density at radius 1 is 0.914 bits per heavy atom. The third kappa shape index (κ3) is 6.83. The fourth-order valence-corrected chi connectivity index (χ4v) is 4.31. The summed E-state index contributed by atoms with van der Waals surface area (Å²) in [7, 11) is 0. The van der Waals surface area contributed by atoms with Gasteiger partial charge in [-0.15, -0.1) is 11.8 Å². The molecule has 0 radical (unpaired) electrons. The van der Waals surface area contributed by atoms with Gasteiger partial charge in [-0.1, -0.05) is 42.5 Å². The third-order valence-electron chi connectivity index (χ3n) is 4.89. The molecule has 1 aromatic heterocycles. The third-order valence-corrected chi connectivity index (χ3v) is 5.94. The van der Waals surface area contributed by atoms with Gasteiger partial charge >= 0.3 is 0 Å². The predicted octanol–water partition coefficient (Wildman–Crippen LogP) is 4.29. The van der Waals surface area contributed by atoms with Gasteiger partial charge in [0.2, 0.25) is 11.8 Å². The van der Waals surface area contributed by atoms with E-state index in [0.717, 1.165) is 5.56 Å². The lowest BCUT2D eigenvalue weighted by Gasteiger charge is -2.16. The van der Waals surface area contributed by atoms with Crippen molar-refractivity contribution in [2.24, 2.45) is 0 Å². The smallest absolute Gasteiger partial charge is 0.221 e. The SMILES string of the molecule is CC(=O)NCCNc1nc(SCc2ccccc2)c(C#N)c(-c2ccc(NC(C)=O)cc2)c1C#N. The number of nitrogens with one attached hydrogen (secondary N) is 3. The molecule has 1 heterocycles. The first-order valence-corrected chi connectivity index (χ1v) is 11.8. The lowest BCUT2D eigenvalue weighted by atomic mass is 9.96. The molecule has 9 heteroatoms. The van der Waals surface area contributed by atoms with Crippen molar-refractivity contribution in [2.45, 2.75) is 24.6 Å². The quantitative estimate of drug-likeness (QED) is 0.305. The zero-order valence-electron chi connectivity index (χ0n) is 19.4. The van der Waals surface area contributed by atoms with Crippen molar-refractivity contribution >= 4 is 35.1 Å². The van der Waals surface area contributed by atoms with Crippen molar-refractivity contribution in [1.29, 1.82) is 10.5 Å². The van der Waals surface area contributed by atoms with Gasteiger partial charge in [-0.3, -0.25) is 9.59 Å². The van der Waals surface area contributed by atoms with Crippen molar-refractivity contribution in [1.82, 2.24) is 10.3 Å². The normalized spacial score (nSPS) is 10.1. The first-order valence-electron chi connectivity index (χ1n) is 10.8. The summed E-state index contributed by atoms with van der Waals surface area (Å²) in [6, 6.07) is 21.2. The van der Waals surface area contributed by atoms with Gasteiger partial charge in [0, 0.05) is 43.9 Å². The second kappa shape index (κ2) is 12.2. The summed E-state index contributed by atoms with van der Waals surface area (Å²) in [5.74, 6) is 0.593. The number of carbonyl (C=O) groups excluding carboxylic acids is 2. The molecule has 2 aromatic carbocycles. The molecule has 0 spiro atoms. The molecule has 35 heavy (non-hydrogen) atoms. The molecule has 3 N–H and O–H groups in total. The van der Waals surface area contributed by atoms with Gasteiger partial charge in [-0.25, -0.2) is 4.98 Å². The van der Waals surface area contributed by atoms with E-state index in [9.17, 15) is 20.1 Å². The van der Waals surface area contributed by atoms with Crippen molar-refractivity contribution in [3.63, 3.8) is 0 Å². The fraction of sp³-hybridized carbons (Fsp3) is 0.192. The minimum absolute atomic E-state index is 0.154. The lowest BCUT2D eigenvalue weighted by molar-refractivity contribution is -0.119. The Bertz CT molecular complexity index is 1290. The molecular formula is C26H24N6O2S. The Morgan fingerprint density at radius 2 is 1.60 bits per heavy atom. The van der Waals surface area contributed by atoms with Gasteiger partial charge in [-0.05, 0) is 23.3 Å². The summed E-state index contributed by atoms with van der Waals surface area (Å²) >= 11 is 1.41. The van der Waals surface area contributed by atoms with Crippen LogP contribution >= 0.6 is 11.8 Å². The van der Waals surface area contributed by atoms with Gasteiger partial charge in [0.25, 0.3) is 0 Å². The average Bonchev–Trinajstić information content (AvgIpc) is 2.85. The molecule has 3 aromatic rings. The van der Waals surface area contributed by atoms with Gasteiger partial charge in [-0.2, -0.15) is 10.5 Å². The zero-order valence-corrected chi connectivity index (χ0v) is 20.2. The van der Waals surface area contributed by atoms with Crippen LogP contribution < -0.4 is 16.0 Å². The number of hydrogen-bond acceptors (Lipinski definition) is 7. The van der Waals surface area contributed by atoms with E-state index in [0.29, 0.717) is 52.1 Å². The summed E-state index contributed by atoms with van der Waals surface area (Å²) in [6.07, 6.45) is 0. The maximum atomic E-state index is 11.4. The van der Waals surface area contributed by atoms with E-state index in [1.165, 1.54) is 25.6 Å². The van der Waals surface area contributed by atoms with Crippen LogP contribution in [-0.2, 0) is 15.3 Å². The molecule has 0 bridgehead atoms. The fourth-order valence-electron chi connectivity index (χ4n) is 3.37. The Balaban J connectivity index is 2.06. The van der Waals surface area contributed by atoms with Crippen LogP contribution in [0.4, 0.5) is 11.5 Å². The number of anilines is 2. The average molecular weight is 485 g/mol. The Kier molecular flexibility index (Phi) is 8.82. The van der Waals surface area contributed by atoms with E-state index < -0.39 is 0 Å². The number of rotatable bonds is 9. The first-order chi connectivity index (χ1) is 16.9. The lowest BCUT2D eigenvalue weighted by Crippen LogP contribution is -2.26. The molecule has 0 atom stereocenters. The molecule has 0 fully saturated rings. The number of nitriles is 2. The topological polar surface area (TPSA) is 131 Å². The van der Waals surface area contributed by atoms with Crippen LogP contribution in [0.5, 0.6) is 0 Å². The van der Waals surface area contributed by atoms with Gasteiger partial charge in [0.1, 0.15) is 28.5 Å². The Morgan fingerprint density at radius 3 is 2.20 bits per heavy atom. The highest BCUT2D eigenvalue weighted by Crippen LogP contribution is 2.37. The van der Waals surface area contributed by atoms with Crippen molar-refractivity contribution in [3.8, 4) is 23.3 Å². The zero-order chi connectivity index (χ0) is 25.2. The highest BCUT2D eigenvalue weighted by molar-refractivity contribution is 7.98. The van der Waals surface area contributed by atoms with Crippen LogP contribution in [0.15, 0.2) is 59.6 Å². The van der Waals surface area contributed by atoms with E-state index in [1.807, 2.05) is 30.3 Å². The van der Waals surface area contributed by atoms with Crippen LogP contribution in [0, 0.1) is 22.7 Å². The van der Waals surface area contributed by atoms with Crippen molar-refractivity contribution in [2.75, 3.05) is 23.7 Å². The Hall–Kier alpha value is -4.34. The maximum Gasteiger partial charge on any atom is 0.221 e. The number of pyridine rings is 1. The Labute approximate surface area is 208 Å². The molecule has 2 amide bonds. The summed E-state index contributed by atoms with van der Waals surface area (Å²) < 4.78 is 0. The number of benzene rings is 2. The monoisotopic (exact) mass is 484 g/mol. The maximum absolute atomic E-state index is 11.4. The minimum Gasteiger partial charge on any atom is -0.367 e. The van der Waals surface area contributed by atoms with Crippen molar-refractivity contribution < 1.29 is 9.59 Å². The number of nitrogens with zero attached hydrogens (tertiary/aromatic N) is 3. The highest BCUT2D eigenvalue weighted by atomic mass is 32.2. The van der Waals surface area contributed by atoms with E-state index in [1.54, 1.807) is 24.3 Å². The number of amides is 2. The molecular weight excluding hydrogens is 460 g/mol. The second-order valence-electron chi connectivity index (χ2n) is 7.56. The number of carbonyl (C=O) groups is 2. The standard InChI is InChI=1S/C26H24N6O2S/c1-17(33)29-12-13-30-25-22(14-27)24(20-8-10-21(11-9-20)31-18(2)34)23(15-28)26(32-25)35-16-19-6-4-3-5-7-19/h3-11H,12-13,16H2,1-2H3,(H,29,33)(H,30,32)(H,31,34). The number of aromatic nitrogens is 1. The van der Waals surface area contributed by atoms with E-state index in [2.05, 4.69) is 33.1 Å². The summed E-state index contributed by atoms with van der Waals surface area (Å²) in [6.45, 7) is 3.57.